The van der Waals surface area contributed by atoms with E-state index in [9.17, 15) is 9.59 Å². The molecule has 0 aliphatic carbocycles. The number of hydrogen-bond donors (Lipinski definition) is 2. The van der Waals surface area contributed by atoms with Crippen LogP contribution in [0.2, 0.25) is 0 Å². The number of aryl methyl sites for hydroxylation is 1. The van der Waals surface area contributed by atoms with Gasteiger partial charge in [0.2, 0.25) is 5.91 Å². The number of nitrogens with one attached hydrogen (secondary N) is 2. The molecule has 0 aliphatic rings. The van der Waals surface area contributed by atoms with Gasteiger partial charge in [0.25, 0.3) is 5.91 Å². The molecule has 7 nitrogen and oxygen atoms in total. The molecule has 28 heavy (non-hydrogen) atoms. The fraction of sp³-hybridized carbons (Fsp3) is 0.333. The Morgan fingerprint density at radius 3 is 2.21 bits per heavy atom. The third kappa shape index (κ3) is 5.90. The van der Waals surface area contributed by atoms with E-state index in [1.807, 2.05) is 18.2 Å². The number of hydrogen-bond acceptors (Lipinski definition) is 5. The van der Waals surface area contributed by atoms with Crippen molar-refractivity contribution in [3.63, 3.8) is 0 Å². The summed E-state index contributed by atoms with van der Waals surface area (Å²) in [6.07, 6.45) is 0.926. The SMILES string of the molecule is COc1ccc(CCC(=O)NCCNC(=O)c2ccccc2OC)cc1OC. The van der Waals surface area contributed by atoms with Gasteiger partial charge in [-0.25, -0.2) is 0 Å². The van der Waals surface area contributed by atoms with E-state index in [-0.39, 0.29) is 11.8 Å². The molecule has 0 fully saturated rings. The van der Waals surface area contributed by atoms with Crippen LogP contribution in [-0.2, 0) is 11.2 Å². The summed E-state index contributed by atoms with van der Waals surface area (Å²) in [6.45, 7) is 0.685. The zero-order chi connectivity index (χ0) is 20.4. The summed E-state index contributed by atoms with van der Waals surface area (Å²) in [4.78, 5) is 24.2. The summed E-state index contributed by atoms with van der Waals surface area (Å²) in [5.41, 5.74) is 1.45. The Kier molecular flexibility index (Phi) is 8.14. The molecule has 7 heteroatoms. The normalized spacial score (nSPS) is 10.1. The number of carbonyl (C=O) groups excluding carboxylic acids is 2. The van der Waals surface area contributed by atoms with Crippen LogP contribution in [0.25, 0.3) is 0 Å². The van der Waals surface area contributed by atoms with Crippen LogP contribution in [0, 0.1) is 0 Å². The first-order valence-corrected chi connectivity index (χ1v) is 8.97. The Bertz CT molecular complexity index is 807. The lowest BCUT2D eigenvalue weighted by Gasteiger charge is -2.11. The zero-order valence-electron chi connectivity index (χ0n) is 16.4. The van der Waals surface area contributed by atoms with Gasteiger partial charge in [0.15, 0.2) is 11.5 Å². The molecule has 2 rings (SSSR count). The molecule has 0 saturated heterocycles. The Hall–Kier alpha value is -3.22. The lowest BCUT2D eigenvalue weighted by Crippen LogP contribution is -2.34. The lowest BCUT2D eigenvalue weighted by atomic mass is 10.1. The molecule has 0 radical (unpaired) electrons. The number of carbonyl (C=O) groups is 2. The van der Waals surface area contributed by atoms with Crippen molar-refractivity contribution in [3.8, 4) is 17.2 Å². The van der Waals surface area contributed by atoms with Gasteiger partial charge >= 0.3 is 0 Å². The highest BCUT2D eigenvalue weighted by atomic mass is 16.5. The Morgan fingerprint density at radius 2 is 1.50 bits per heavy atom. The van der Waals surface area contributed by atoms with Gasteiger partial charge < -0.3 is 24.8 Å². The predicted octanol–water partition coefficient (Wildman–Crippen LogP) is 2.19. The van der Waals surface area contributed by atoms with E-state index < -0.39 is 0 Å². The van der Waals surface area contributed by atoms with E-state index >= 15 is 0 Å². The van der Waals surface area contributed by atoms with Gasteiger partial charge in [-0.2, -0.15) is 0 Å². The standard InChI is InChI=1S/C21H26N2O5/c1-26-17-7-5-4-6-16(17)21(25)23-13-12-22-20(24)11-9-15-8-10-18(27-2)19(14-15)28-3/h4-8,10,14H,9,11-13H2,1-3H3,(H,22,24)(H,23,25). The zero-order valence-corrected chi connectivity index (χ0v) is 16.4. The van der Waals surface area contributed by atoms with E-state index in [0.717, 1.165) is 5.56 Å². The molecule has 150 valence electrons. The van der Waals surface area contributed by atoms with Crippen molar-refractivity contribution in [1.29, 1.82) is 0 Å². The van der Waals surface area contributed by atoms with Crippen molar-refractivity contribution in [1.82, 2.24) is 10.6 Å². The largest absolute Gasteiger partial charge is 0.496 e. The highest BCUT2D eigenvalue weighted by Gasteiger charge is 2.11. The summed E-state index contributed by atoms with van der Waals surface area (Å²) in [5.74, 6) is 1.48. The van der Waals surface area contributed by atoms with Gasteiger partial charge in [0, 0.05) is 19.5 Å². The first-order valence-electron chi connectivity index (χ1n) is 8.97. The molecule has 0 unspecified atom stereocenters. The third-order valence-electron chi connectivity index (χ3n) is 4.17. The quantitative estimate of drug-likeness (QED) is 0.612. The van der Waals surface area contributed by atoms with Crippen LogP contribution in [0.1, 0.15) is 22.3 Å². The van der Waals surface area contributed by atoms with Crippen molar-refractivity contribution in [3.05, 3.63) is 53.6 Å². The number of ether oxygens (including phenoxy) is 3. The van der Waals surface area contributed by atoms with E-state index in [1.165, 1.54) is 7.11 Å². The minimum absolute atomic E-state index is 0.0821. The van der Waals surface area contributed by atoms with E-state index in [1.54, 1.807) is 38.5 Å². The molecule has 0 aromatic heterocycles. The molecule has 0 heterocycles. The topological polar surface area (TPSA) is 85.9 Å². The number of rotatable bonds is 10. The average molecular weight is 386 g/mol. The van der Waals surface area contributed by atoms with Crippen LogP contribution in [-0.4, -0.2) is 46.2 Å². The fourth-order valence-corrected chi connectivity index (χ4v) is 2.69. The average Bonchev–Trinajstić information content (AvgIpc) is 2.74. The van der Waals surface area contributed by atoms with E-state index in [4.69, 9.17) is 14.2 Å². The first kappa shape index (κ1) is 21.1. The number of methoxy groups -OCH3 is 3. The monoisotopic (exact) mass is 386 g/mol. The van der Waals surface area contributed by atoms with Crippen LogP contribution >= 0.6 is 0 Å². The molecule has 2 N–H and O–H groups in total. The van der Waals surface area contributed by atoms with Crippen molar-refractivity contribution in [2.75, 3.05) is 34.4 Å². The molecular formula is C21H26N2O5. The van der Waals surface area contributed by atoms with Gasteiger partial charge in [0.1, 0.15) is 5.75 Å². The molecule has 0 aliphatic heterocycles. The molecule has 2 aromatic rings. The second kappa shape index (κ2) is 10.8. The maximum absolute atomic E-state index is 12.2. The Morgan fingerprint density at radius 1 is 0.821 bits per heavy atom. The molecule has 0 bridgehead atoms. The lowest BCUT2D eigenvalue weighted by molar-refractivity contribution is -0.121. The second-order valence-electron chi connectivity index (χ2n) is 6.00. The van der Waals surface area contributed by atoms with Crippen molar-refractivity contribution in [2.45, 2.75) is 12.8 Å². The number of benzene rings is 2. The van der Waals surface area contributed by atoms with Gasteiger partial charge in [-0.3, -0.25) is 9.59 Å². The highest BCUT2D eigenvalue weighted by Crippen LogP contribution is 2.27. The minimum atomic E-state index is -0.239. The summed E-state index contributed by atoms with van der Waals surface area (Å²) >= 11 is 0. The molecule has 0 saturated carbocycles. The van der Waals surface area contributed by atoms with Crippen LogP contribution in [0.3, 0.4) is 0 Å². The fourth-order valence-electron chi connectivity index (χ4n) is 2.69. The predicted molar refractivity (Wildman–Crippen MR) is 106 cm³/mol. The maximum atomic E-state index is 12.2. The minimum Gasteiger partial charge on any atom is -0.496 e. The van der Waals surface area contributed by atoms with E-state index in [0.29, 0.717) is 48.7 Å². The molecule has 0 atom stereocenters. The Balaban J connectivity index is 1.72. The third-order valence-corrected chi connectivity index (χ3v) is 4.17. The highest BCUT2D eigenvalue weighted by molar-refractivity contribution is 5.96. The van der Waals surface area contributed by atoms with E-state index in [2.05, 4.69) is 10.6 Å². The molecule has 2 amide bonds. The van der Waals surface area contributed by atoms with Gasteiger partial charge in [-0.1, -0.05) is 18.2 Å². The number of amides is 2. The summed E-state index contributed by atoms with van der Waals surface area (Å²) in [5, 5.41) is 5.57. The van der Waals surface area contributed by atoms with Crippen molar-refractivity contribution in [2.24, 2.45) is 0 Å². The van der Waals surface area contributed by atoms with Crippen molar-refractivity contribution >= 4 is 11.8 Å². The summed E-state index contributed by atoms with van der Waals surface area (Å²) in [6, 6.07) is 12.6. The second-order valence-corrected chi connectivity index (χ2v) is 6.00. The van der Waals surface area contributed by atoms with Crippen LogP contribution in [0.4, 0.5) is 0 Å². The summed E-state index contributed by atoms with van der Waals surface area (Å²) in [7, 11) is 4.68. The maximum Gasteiger partial charge on any atom is 0.255 e. The van der Waals surface area contributed by atoms with Gasteiger partial charge in [-0.15, -0.1) is 0 Å². The van der Waals surface area contributed by atoms with Crippen LogP contribution < -0.4 is 24.8 Å². The van der Waals surface area contributed by atoms with Gasteiger partial charge in [-0.05, 0) is 36.2 Å². The smallest absolute Gasteiger partial charge is 0.255 e. The summed E-state index contributed by atoms with van der Waals surface area (Å²) < 4.78 is 15.6. The molecule has 2 aromatic carbocycles. The number of para-hydroxylation sites is 1. The van der Waals surface area contributed by atoms with Crippen molar-refractivity contribution < 1.29 is 23.8 Å². The first-order chi connectivity index (χ1) is 13.6. The van der Waals surface area contributed by atoms with Crippen LogP contribution in [0.5, 0.6) is 17.2 Å². The van der Waals surface area contributed by atoms with Gasteiger partial charge in [0.05, 0.1) is 26.9 Å². The molecular weight excluding hydrogens is 360 g/mol. The molecule has 0 spiro atoms. The Labute approximate surface area is 165 Å². The van der Waals surface area contributed by atoms with Crippen LogP contribution in [0.15, 0.2) is 42.5 Å².